The van der Waals surface area contributed by atoms with E-state index in [-0.39, 0.29) is 16.3 Å². The van der Waals surface area contributed by atoms with Gasteiger partial charge >= 0.3 is 0 Å². The molecule has 1 spiro atoms. The molecule has 0 bridgehead atoms. The Kier molecular flexibility index (Phi) is 3.47. The third-order valence-corrected chi connectivity index (χ3v) is 6.07. The summed E-state index contributed by atoms with van der Waals surface area (Å²) in [4.78, 5) is 18.4. The topological polar surface area (TPSA) is 58.5 Å². The van der Waals surface area contributed by atoms with Crippen molar-refractivity contribution in [1.82, 2.24) is 4.90 Å². The van der Waals surface area contributed by atoms with E-state index in [0.29, 0.717) is 12.1 Å². The SMILES string of the molecule is O=[N+]([O-])c1ccc([C@@H]2[C@@H]3C(c4ccccc4)=NC4(CCCCC4)N23)cc1. The Morgan fingerprint density at radius 2 is 1.65 bits per heavy atom. The number of hydrogen-bond acceptors (Lipinski definition) is 4. The van der Waals surface area contributed by atoms with Gasteiger partial charge < -0.3 is 0 Å². The number of rotatable bonds is 3. The molecular weight excluding hydrogens is 326 g/mol. The number of aliphatic imine (C=N–C) groups is 1. The predicted octanol–water partition coefficient (Wildman–Crippen LogP) is 4.48. The molecule has 3 atom stereocenters. The molecule has 3 aliphatic rings. The first-order valence-electron chi connectivity index (χ1n) is 9.38. The molecule has 26 heavy (non-hydrogen) atoms. The maximum Gasteiger partial charge on any atom is 0.269 e. The van der Waals surface area contributed by atoms with Crippen molar-refractivity contribution in [3.05, 3.63) is 75.8 Å². The van der Waals surface area contributed by atoms with Crippen molar-refractivity contribution in [1.29, 1.82) is 0 Å². The Hall–Kier alpha value is -2.53. The summed E-state index contributed by atoms with van der Waals surface area (Å²) < 4.78 is 0. The Morgan fingerprint density at radius 1 is 0.962 bits per heavy atom. The molecule has 1 saturated heterocycles. The van der Waals surface area contributed by atoms with Gasteiger partial charge in [0.2, 0.25) is 0 Å². The van der Waals surface area contributed by atoms with Crippen LogP contribution < -0.4 is 0 Å². The molecule has 1 unspecified atom stereocenters. The van der Waals surface area contributed by atoms with Crippen LogP contribution in [0, 0.1) is 10.1 Å². The first-order chi connectivity index (χ1) is 12.7. The summed E-state index contributed by atoms with van der Waals surface area (Å²) in [5, 5.41) is 10.9. The van der Waals surface area contributed by atoms with Gasteiger partial charge in [0.05, 0.1) is 22.7 Å². The zero-order valence-corrected chi connectivity index (χ0v) is 14.5. The average molecular weight is 347 g/mol. The van der Waals surface area contributed by atoms with Crippen LogP contribution in [0.15, 0.2) is 59.6 Å². The van der Waals surface area contributed by atoms with E-state index >= 15 is 0 Å². The Morgan fingerprint density at radius 3 is 2.31 bits per heavy atom. The Bertz CT molecular complexity index is 870. The quantitative estimate of drug-likeness (QED) is 0.467. The van der Waals surface area contributed by atoms with Gasteiger partial charge in [0.15, 0.2) is 0 Å². The van der Waals surface area contributed by atoms with E-state index in [1.54, 1.807) is 12.1 Å². The second-order valence-electron chi connectivity index (χ2n) is 7.55. The van der Waals surface area contributed by atoms with Crippen molar-refractivity contribution in [3.8, 4) is 0 Å². The average Bonchev–Trinajstić information content (AvgIpc) is 3.36. The molecule has 2 aromatic carbocycles. The number of hydrogen-bond donors (Lipinski definition) is 0. The van der Waals surface area contributed by atoms with E-state index in [9.17, 15) is 10.1 Å². The first kappa shape index (κ1) is 15.7. The van der Waals surface area contributed by atoms with Crippen molar-refractivity contribution in [2.45, 2.75) is 49.9 Å². The van der Waals surface area contributed by atoms with E-state index in [4.69, 9.17) is 4.99 Å². The number of fused-ring (bicyclic) bond motifs is 2. The molecule has 132 valence electrons. The zero-order valence-electron chi connectivity index (χ0n) is 14.5. The van der Waals surface area contributed by atoms with Crippen molar-refractivity contribution in [2.24, 2.45) is 4.99 Å². The third-order valence-electron chi connectivity index (χ3n) is 6.07. The van der Waals surface area contributed by atoms with Gasteiger partial charge in [0.25, 0.3) is 5.69 Å². The van der Waals surface area contributed by atoms with Gasteiger partial charge in [-0.15, -0.1) is 0 Å². The maximum absolute atomic E-state index is 10.9. The number of nitro groups is 1. The standard InChI is InChI=1S/C21H21N3O2/c25-24(26)17-11-9-16(10-12-17)19-20-18(15-7-3-1-4-8-15)22-21(23(19)20)13-5-2-6-14-21/h1,3-4,7-12,19-20H,2,5-6,13-14H2/t19-,20+,23?/m1/s1. The van der Waals surface area contributed by atoms with Crippen LogP contribution in [0.2, 0.25) is 0 Å². The van der Waals surface area contributed by atoms with Gasteiger partial charge in [-0.25, -0.2) is 0 Å². The fourth-order valence-corrected chi connectivity index (χ4v) is 4.85. The normalized spacial score (nSPS) is 28.5. The zero-order chi connectivity index (χ0) is 17.7. The number of nitro benzene ring substituents is 1. The lowest BCUT2D eigenvalue weighted by molar-refractivity contribution is -0.384. The van der Waals surface area contributed by atoms with Crippen molar-refractivity contribution in [2.75, 3.05) is 0 Å². The van der Waals surface area contributed by atoms with E-state index in [1.807, 2.05) is 18.2 Å². The van der Waals surface area contributed by atoms with Gasteiger partial charge in [-0.2, -0.15) is 0 Å². The fraction of sp³-hybridized carbons (Fsp3) is 0.381. The summed E-state index contributed by atoms with van der Waals surface area (Å²) in [7, 11) is 0. The lowest BCUT2D eigenvalue weighted by Gasteiger charge is -2.34. The summed E-state index contributed by atoms with van der Waals surface area (Å²) in [6.45, 7) is 0. The van der Waals surface area contributed by atoms with Gasteiger partial charge in [0.1, 0.15) is 5.66 Å². The smallest absolute Gasteiger partial charge is 0.265 e. The molecule has 2 aromatic rings. The molecule has 0 N–H and O–H groups in total. The number of benzene rings is 2. The lowest BCUT2D eigenvalue weighted by Crippen LogP contribution is -2.36. The second kappa shape index (κ2) is 5.74. The van der Waals surface area contributed by atoms with E-state index < -0.39 is 0 Å². The number of non-ortho nitro benzene ring substituents is 1. The third kappa shape index (κ3) is 2.31. The summed E-state index contributed by atoms with van der Waals surface area (Å²) in [6.07, 6.45) is 5.97. The molecule has 5 rings (SSSR count). The van der Waals surface area contributed by atoms with Crippen LogP contribution in [0.25, 0.3) is 0 Å². The highest BCUT2D eigenvalue weighted by Gasteiger charge is 2.65. The molecule has 5 nitrogen and oxygen atoms in total. The van der Waals surface area contributed by atoms with Gasteiger partial charge in [-0.05, 0) is 36.8 Å². The van der Waals surface area contributed by atoms with Crippen LogP contribution in [-0.2, 0) is 0 Å². The molecule has 1 saturated carbocycles. The molecule has 0 aromatic heterocycles. The molecule has 0 amide bonds. The highest BCUT2D eigenvalue weighted by molar-refractivity contribution is 6.08. The van der Waals surface area contributed by atoms with E-state index in [1.165, 1.54) is 30.5 Å². The maximum atomic E-state index is 10.9. The highest BCUT2D eigenvalue weighted by Crippen LogP contribution is 2.59. The summed E-state index contributed by atoms with van der Waals surface area (Å²) in [5.41, 5.74) is 3.64. The highest BCUT2D eigenvalue weighted by atomic mass is 16.6. The van der Waals surface area contributed by atoms with Gasteiger partial charge in [0, 0.05) is 12.1 Å². The van der Waals surface area contributed by atoms with Crippen molar-refractivity contribution >= 4 is 11.4 Å². The minimum absolute atomic E-state index is 0.0689. The van der Waals surface area contributed by atoms with Crippen LogP contribution in [0.1, 0.15) is 49.3 Å². The molecular formula is C21H21N3O2. The first-order valence-corrected chi connectivity index (χ1v) is 9.38. The molecule has 5 heteroatoms. The van der Waals surface area contributed by atoms with Crippen LogP contribution in [0.4, 0.5) is 5.69 Å². The minimum atomic E-state index is -0.336. The molecule has 2 aliphatic heterocycles. The lowest BCUT2D eigenvalue weighted by atomic mass is 9.89. The van der Waals surface area contributed by atoms with Crippen LogP contribution in [0.5, 0.6) is 0 Å². The van der Waals surface area contributed by atoms with E-state index in [2.05, 4.69) is 29.2 Å². The molecule has 2 fully saturated rings. The molecule has 2 heterocycles. The summed E-state index contributed by atoms with van der Waals surface area (Å²) in [6, 6.07) is 18.1. The van der Waals surface area contributed by atoms with Gasteiger partial charge in [-0.1, -0.05) is 48.9 Å². The summed E-state index contributed by atoms with van der Waals surface area (Å²) >= 11 is 0. The summed E-state index contributed by atoms with van der Waals surface area (Å²) in [5.74, 6) is 0. The van der Waals surface area contributed by atoms with Crippen LogP contribution >= 0.6 is 0 Å². The van der Waals surface area contributed by atoms with Crippen LogP contribution in [-0.4, -0.2) is 27.2 Å². The largest absolute Gasteiger partial charge is 0.269 e. The minimum Gasteiger partial charge on any atom is -0.265 e. The Balaban J connectivity index is 1.52. The fourth-order valence-electron chi connectivity index (χ4n) is 4.85. The van der Waals surface area contributed by atoms with Crippen molar-refractivity contribution < 1.29 is 4.92 Å². The molecule has 0 radical (unpaired) electrons. The monoisotopic (exact) mass is 347 g/mol. The Labute approximate surface area is 152 Å². The second-order valence-corrected chi connectivity index (χ2v) is 7.55. The van der Waals surface area contributed by atoms with Gasteiger partial charge in [-0.3, -0.25) is 20.0 Å². The van der Waals surface area contributed by atoms with E-state index in [0.717, 1.165) is 18.4 Å². The van der Waals surface area contributed by atoms with Crippen LogP contribution in [0.3, 0.4) is 0 Å². The number of nitrogens with zero attached hydrogens (tertiary/aromatic N) is 3. The van der Waals surface area contributed by atoms with Crippen molar-refractivity contribution in [3.63, 3.8) is 0 Å². The predicted molar refractivity (Wildman–Crippen MR) is 100 cm³/mol. The molecule has 1 aliphatic carbocycles.